The van der Waals surface area contributed by atoms with Crippen LogP contribution in [0.4, 0.5) is 4.79 Å². The first-order valence-electron chi connectivity index (χ1n) is 11.3. The molecule has 0 radical (unpaired) electrons. The highest BCUT2D eigenvalue weighted by Gasteiger charge is 2.49. The molecular weight excluding hydrogens is 420 g/mol. The van der Waals surface area contributed by atoms with Crippen LogP contribution in [-0.4, -0.2) is 59.3 Å². The van der Waals surface area contributed by atoms with Gasteiger partial charge in [-0.05, 0) is 44.4 Å². The van der Waals surface area contributed by atoms with Gasteiger partial charge >= 0.3 is 6.09 Å². The number of hydrogen-bond acceptors (Lipinski definition) is 6. The average molecular weight is 453 g/mol. The molecule has 1 saturated carbocycles. The zero-order valence-corrected chi connectivity index (χ0v) is 19.6. The average Bonchev–Trinajstić information content (AvgIpc) is 3.19. The second-order valence-corrected chi connectivity index (χ2v) is 9.34. The predicted molar refractivity (Wildman–Crippen MR) is 126 cm³/mol. The summed E-state index contributed by atoms with van der Waals surface area (Å²) in [7, 11) is 1.28. The maximum absolute atomic E-state index is 13.3. The highest BCUT2D eigenvalue weighted by molar-refractivity contribution is 5.86. The van der Waals surface area contributed by atoms with Gasteiger partial charge in [0.15, 0.2) is 0 Å². The molecule has 2 aromatic rings. The summed E-state index contributed by atoms with van der Waals surface area (Å²) >= 11 is 0. The monoisotopic (exact) mass is 452 g/mol. The number of aromatic nitrogens is 1. The van der Waals surface area contributed by atoms with Gasteiger partial charge in [0, 0.05) is 29.2 Å². The standard InChI is InChI=1S/C25H32N4O4/c1-15-13-25(15,4)28-16(2)21-12-18(14-29(21)23(30)17(3)27-24(31)32-5)33-22-10-11-26-20-9-7-6-8-19(20)22/h6-11,15,17-18,21,28H,2,12-14H2,1,3-5H3,(H,27,31). The first kappa shape index (κ1) is 22.9. The molecule has 0 bridgehead atoms. The van der Waals surface area contributed by atoms with E-state index in [4.69, 9.17) is 4.74 Å². The predicted octanol–water partition coefficient (Wildman–Crippen LogP) is 3.23. The third-order valence-corrected chi connectivity index (χ3v) is 6.84. The van der Waals surface area contributed by atoms with Gasteiger partial charge in [-0.3, -0.25) is 9.78 Å². The number of nitrogens with zero attached hydrogens (tertiary/aromatic N) is 2. The van der Waals surface area contributed by atoms with E-state index >= 15 is 0 Å². The van der Waals surface area contributed by atoms with E-state index in [9.17, 15) is 9.59 Å². The Morgan fingerprint density at radius 1 is 1.30 bits per heavy atom. The number of benzene rings is 1. The molecule has 2 heterocycles. The molecule has 2 fully saturated rings. The molecule has 1 saturated heterocycles. The van der Waals surface area contributed by atoms with Crippen molar-refractivity contribution in [3.05, 3.63) is 48.8 Å². The van der Waals surface area contributed by atoms with Crippen LogP contribution in [0.5, 0.6) is 5.75 Å². The molecule has 1 aromatic carbocycles. The smallest absolute Gasteiger partial charge is 0.407 e. The lowest BCUT2D eigenvalue weighted by atomic mass is 10.1. The van der Waals surface area contributed by atoms with E-state index < -0.39 is 12.1 Å². The molecule has 8 heteroatoms. The minimum atomic E-state index is -0.733. The Morgan fingerprint density at radius 2 is 2.03 bits per heavy atom. The Bertz CT molecular complexity index is 1070. The summed E-state index contributed by atoms with van der Waals surface area (Å²) in [5.74, 6) is 1.09. The number of ether oxygens (including phenoxy) is 2. The SMILES string of the molecule is C=C(NC1(C)CC1C)C1CC(Oc2ccnc3ccccc23)CN1C(=O)C(C)NC(=O)OC. The fourth-order valence-corrected chi connectivity index (χ4v) is 4.56. The molecule has 5 atom stereocenters. The molecule has 8 nitrogen and oxygen atoms in total. The van der Waals surface area contributed by atoms with Crippen molar-refractivity contribution in [1.82, 2.24) is 20.5 Å². The van der Waals surface area contributed by atoms with Gasteiger partial charge in [-0.25, -0.2) is 4.79 Å². The number of pyridine rings is 1. The summed E-state index contributed by atoms with van der Waals surface area (Å²) in [5, 5.41) is 7.05. The molecule has 2 amide bonds. The zero-order valence-electron chi connectivity index (χ0n) is 19.6. The van der Waals surface area contributed by atoms with Gasteiger partial charge in [0.05, 0.1) is 25.2 Å². The lowest BCUT2D eigenvalue weighted by Gasteiger charge is -2.30. The normalized spacial score (nSPS) is 27.0. The van der Waals surface area contributed by atoms with Gasteiger partial charge in [-0.15, -0.1) is 0 Å². The zero-order chi connectivity index (χ0) is 23.8. The number of fused-ring (bicyclic) bond motifs is 1. The van der Waals surface area contributed by atoms with Crippen molar-refractivity contribution in [3.63, 3.8) is 0 Å². The van der Waals surface area contributed by atoms with Crippen molar-refractivity contribution in [1.29, 1.82) is 0 Å². The molecule has 0 spiro atoms. The highest BCUT2D eigenvalue weighted by Crippen LogP contribution is 2.43. The molecule has 33 heavy (non-hydrogen) atoms. The van der Waals surface area contributed by atoms with E-state index in [0.29, 0.717) is 18.9 Å². The molecule has 1 aliphatic heterocycles. The lowest BCUT2D eigenvalue weighted by Crippen LogP contribution is -2.50. The van der Waals surface area contributed by atoms with Crippen molar-refractivity contribution in [2.24, 2.45) is 5.92 Å². The van der Waals surface area contributed by atoms with E-state index in [1.807, 2.05) is 30.3 Å². The molecule has 4 rings (SSSR count). The summed E-state index contributed by atoms with van der Waals surface area (Å²) in [4.78, 5) is 31.1. The van der Waals surface area contributed by atoms with Crippen LogP contribution in [0.1, 0.15) is 33.6 Å². The van der Waals surface area contributed by atoms with Crippen LogP contribution in [0.15, 0.2) is 48.8 Å². The van der Waals surface area contributed by atoms with Crippen molar-refractivity contribution < 1.29 is 19.1 Å². The fourth-order valence-electron chi connectivity index (χ4n) is 4.56. The number of hydrogen-bond donors (Lipinski definition) is 2. The van der Waals surface area contributed by atoms with Crippen LogP contribution in [0.2, 0.25) is 0 Å². The minimum Gasteiger partial charge on any atom is -0.488 e. The molecule has 2 N–H and O–H groups in total. The van der Waals surface area contributed by atoms with Gasteiger partial charge in [-0.1, -0.05) is 25.6 Å². The number of carbonyl (C=O) groups excluding carboxylic acids is 2. The lowest BCUT2D eigenvalue weighted by molar-refractivity contribution is -0.133. The molecule has 2 aliphatic rings. The molecule has 1 aromatic heterocycles. The van der Waals surface area contributed by atoms with Crippen LogP contribution in [0, 0.1) is 5.92 Å². The van der Waals surface area contributed by atoms with Crippen molar-refractivity contribution in [3.8, 4) is 5.75 Å². The number of carbonyl (C=O) groups is 2. The number of para-hydroxylation sites is 1. The van der Waals surface area contributed by atoms with Crippen LogP contribution in [0.3, 0.4) is 0 Å². The molecular formula is C25H32N4O4. The van der Waals surface area contributed by atoms with Crippen molar-refractivity contribution >= 4 is 22.9 Å². The Kier molecular flexibility index (Phi) is 6.19. The fraction of sp³-hybridized carbons (Fsp3) is 0.480. The summed E-state index contributed by atoms with van der Waals surface area (Å²) < 4.78 is 11.0. The first-order chi connectivity index (χ1) is 15.7. The molecule has 1 aliphatic carbocycles. The topological polar surface area (TPSA) is 92.8 Å². The number of likely N-dealkylation sites (tertiary alicyclic amines) is 1. The van der Waals surface area contributed by atoms with Gasteiger partial charge in [0.2, 0.25) is 5.91 Å². The second-order valence-electron chi connectivity index (χ2n) is 9.34. The maximum atomic E-state index is 13.3. The quantitative estimate of drug-likeness (QED) is 0.670. The summed E-state index contributed by atoms with van der Waals surface area (Å²) in [6.45, 7) is 10.7. The number of alkyl carbamates (subject to hydrolysis) is 1. The summed E-state index contributed by atoms with van der Waals surface area (Å²) in [5.41, 5.74) is 1.66. The van der Waals surface area contributed by atoms with Crippen molar-refractivity contribution in [2.75, 3.05) is 13.7 Å². The maximum Gasteiger partial charge on any atom is 0.407 e. The van der Waals surface area contributed by atoms with Crippen LogP contribution < -0.4 is 15.4 Å². The summed E-state index contributed by atoms with van der Waals surface area (Å²) in [6, 6.07) is 8.68. The van der Waals surface area contributed by atoms with E-state index in [1.54, 1.807) is 18.0 Å². The third-order valence-electron chi connectivity index (χ3n) is 6.84. The van der Waals surface area contributed by atoms with Crippen LogP contribution in [-0.2, 0) is 9.53 Å². The van der Waals surface area contributed by atoms with E-state index in [1.165, 1.54) is 7.11 Å². The second kappa shape index (κ2) is 8.92. The van der Waals surface area contributed by atoms with E-state index in [2.05, 4.69) is 40.8 Å². The highest BCUT2D eigenvalue weighted by atomic mass is 16.5. The first-order valence-corrected chi connectivity index (χ1v) is 11.3. The number of nitrogens with one attached hydrogen (secondary N) is 2. The third kappa shape index (κ3) is 4.74. The van der Waals surface area contributed by atoms with Gasteiger partial charge in [-0.2, -0.15) is 0 Å². The molecule has 5 unspecified atom stereocenters. The van der Waals surface area contributed by atoms with E-state index in [0.717, 1.165) is 28.8 Å². The van der Waals surface area contributed by atoms with Gasteiger partial charge < -0.3 is 25.0 Å². The number of methoxy groups -OCH3 is 1. The minimum absolute atomic E-state index is 0.00191. The number of amides is 2. The largest absolute Gasteiger partial charge is 0.488 e. The molecule has 176 valence electrons. The summed E-state index contributed by atoms with van der Waals surface area (Å²) in [6.07, 6.45) is 2.53. The van der Waals surface area contributed by atoms with Gasteiger partial charge in [0.1, 0.15) is 17.9 Å². The Labute approximate surface area is 194 Å². The Balaban J connectivity index is 1.54. The Morgan fingerprint density at radius 3 is 2.73 bits per heavy atom. The Hall–Kier alpha value is -3.29. The van der Waals surface area contributed by atoms with Crippen LogP contribution in [0.25, 0.3) is 10.9 Å². The van der Waals surface area contributed by atoms with Crippen molar-refractivity contribution in [2.45, 2.75) is 57.3 Å². The van der Waals surface area contributed by atoms with Gasteiger partial charge in [0.25, 0.3) is 0 Å². The van der Waals surface area contributed by atoms with E-state index in [-0.39, 0.29) is 23.6 Å². The van der Waals surface area contributed by atoms with Crippen LogP contribution >= 0.6 is 0 Å². The number of rotatable bonds is 7.